The number of carboxylic acid groups (broad SMARTS) is 1. The van der Waals surface area contributed by atoms with E-state index in [1.807, 2.05) is 6.92 Å². The molecule has 0 aliphatic heterocycles. The lowest BCUT2D eigenvalue weighted by Crippen LogP contribution is -2.40. The molecular formula is C10H20N2O3. The standard InChI is InChI=1S/C10H20N2O3/c1-3-8(10(14)15)12-9(13)6-4-5-7(2)11/h7-8H,3-6,11H2,1-2H3,(H,12,13)(H,14,15). The maximum absolute atomic E-state index is 11.3. The number of nitrogens with two attached hydrogens (primary N) is 1. The highest BCUT2D eigenvalue weighted by molar-refractivity contribution is 5.83. The molecule has 0 aliphatic carbocycles. The molecule has 0 radical (unpaired) electrons. The maximum Gasteiger partial charge on any atom is 0.326 e. The molecule has 0 rings (SSSR count). The topological polar surface area (TPSA) is 92.4 Å². The molecule has 2 atom stereocenters. The van der Waals surface area contributed by atoms with Crippen molar-refractivity contribution in [3.8, 4) is 0 Å². The predicted octanol–water partition coefficient (Wildman–Crippen LogP) is 0.483. The fourth-order valence-corrected chi connectivity index (χ4v) is 1.19. The molecular weight excluding hydrogens is 196 g/mol. The Bertz CT molecular complexity index is 217. The van der Waals surface area contributed by atoms with Crippen molar-refractivity contribution in [2.24, 2.45) is 5.73 Å². The number of rotatable bonds is 7. The summed E-state index contributed by atoms with van der Waals surface area (Å²) >= 11 is 0. The molecule has 0 aromatic rings. The van der Waals surface area contributed by atoms with Gasteiger partial charge in [0.25, 0.3) is 0 Å². The number of carbonyl (C=O) groups is 2. The Hall–Kier alpha value is -1.10. The van der Waals surface area contributed by atoms with Crippen LogP contribution in [0.3, 0.4) is 0 Å². The summed E-state index contributed by atoms with van der Waals surface area (Å²) in [6.07, 6.45) is 2.20. The van der Waals surface area contributed by atoms with Gasteiger partial charge in [0, 0.05) is 12.5 Å². The molecule has 15 heavy (non-hydrogen) atoms. The predicted molar refractivity (Wildman–Crippen MR) is 57.4 cm³/mol. The van der Waals surface area contributed by atoms with Crippen LogP contribution in [0.2, 0.25) is 0 Å². The molecule has 0 bridgehead atoms. The second-order valence-corrected chi connectivity index (χ2v) is 3.74. The number of nitrogens with one attached hydrogen (secondary N) is 1. The van der Waals surface area contributed by atoms with Crippen LogP contribution in [0.4, 0.5) is 0 Å². The normalized spacial score (nSPS) is 14.3. The second kappa shape index (κ2) is 7.23. The third-order valence-corrected chi connectivity index (χ3v) is 2.10. The molecule has 0 heterocycles. The molecule has 0 saturated heterocycles. The Morgan fingerprint density at radius 2 is 2.07 bits per heavy atom. The summed E-state index contributed by atoms with van der Waals surface area (Å²) in [5.74, 6) is -1.21. The summed E-state index contributed by atoms with van der Waals surface area (Å²) in [6.45, 7) is 3.60. The highest BCUT2D eigenvalue weighted by Gasteiger charge is 2.16. The number of amides is 1. The Labute approximate surface area is 90.0 Å². The molecule has 0 aliphatic rings. The van der Waals surface area contributed by atoms with Crippen molar-refractivity contribution in [1.29, 1.82) is 0 Å². The molecule has 2 unspecified atom stereocenters. The summed E-state index contributed by atoms with van der Waals surface area (Å²) in [4.78, 5) is 21.9. The number of aliphatic carboxylic acids is 1. The van der Waals surface area contributed by atoms with Crippen LogP contribution in [0, 0.1) is 0 Å². The first-order valence-electron chi connectivity index (χ1n) is 5.25. The van der Waals surface area contributed by atoms with Gasteiger partial charge in [-0.3, -0.25) is 4.79 Å². The van der Waals surface area contributed by atoms with E-state index in [1.54, 1.807) is 6.92 Å². The van der Waals surface area contributed by atoms with Gasteiger partial charge in [0.2, 0.25) is 5.91 Å². The van der Waals surface area contributed by atoms with Gasteiger partial charge < -0.3 is 16.2 Å². The highest BCUT2D eigenvalue weighted by Crippen LogP contribution is 1.99. The zero-order chi connectivity index (χ0) is 11.8. The van der Waals surface area contributed by atoms with E-state index in [9.17, 15) is 9.59 Å². The van der Waals surface area contributed by atoms with E-state index in [0.29, 0.717) is 19.3 Å². The van der Waals surface area contributed by atoms with Gasteiger partial charge in [-0.05, 0) is 26.2 Å². The smallest absolute Gasteiger partial charge is 0.326 e. The van der Waals surface area contributed by atoms with Gasteiger partial charge in [0.15, 0.2) is 0 Å². The summed E-state index contributed by atoms with van der Waals surface area (Å²) < 4.78 is 0. The van der Waals surface area contributed by atoms with Crippen LogP contribution in [-0.2, 0) is 9.59 Å². The molecule has 88 valence electrons. The number of hydrogen-bond acceptors (Lipinski definition) is 3. The molecule has 0 aromatic heterocycles. The summed E-state index contributed by atoms with van der Waals surface area (Å²) in [5, 5.41) is 11.2. The summed E-state index contributed by atoms with van der Waals surface area (Å²) in [6, 6.07) is -0.688. The van der Waals surface area contributed by atoms with Crippen LogP contribution in [0.25, 0.3) is 0 Å². The summed E-state index contributed by atoms with van der Waals surface area (Å²) in [5.41, 5.74) is 5.53. The number of carbonyl (C=O) groups excluding carboxylic acids is 1. The number of hydrogen-bond donors (Lipinski definition) is 3. The van der Waals surface area contributed by atoms with Gasteiger partial charge in [-0.15, -0.1) is 0 Å². The van der Waals surface area contributed by atoms with Gasteiger partial charge in [0.05, 0.1) is 0 Å². The van der Waals surface area contributed by atoms with Crippen LogP contribution in [0.5, 0.6) is 0 Å². The fraction of sp³-hybridized carbons (Fsp3) is 0.800. The first-order chi connectivity index (χ1) is 6.97. The number of carboxylic acids is 1. The van der Waals surface area contributed by atoms with Crippen LogP contribution in [-0.4, -0.2) is 29.1 Å². The van der Waals surface area contributed by atoms with E-state index in [1.165, 1.54) is 0 Å². The first kappa shape index (κ1) is 13.9. The van der Waals surface area contributed by atoms with Gasteiger partial charge in [-0.25, -0.2) is 4.79 Å². The lowest BCUT2D eigenvalue weighted by Gasteiger charge is -2.12. The van der Waals surface area contributed by atoms with E-state index in [2.05, 4.69) is 5.32 Å². The third kappa shape index (κ3) is 6.90. The Morgan fingerprint density at radius 3 is 2.47 bits per heavy atom. The van der Waals surface area contributed by atoms with E-state index in [-0.39, 0.29) is 11.9 Å². The van der Waals surface area contributed by atoms with Crippen LogP contribution in [0.1, 0.15) is 39.5 Å². The van der Waals surface area contributed by atoms with Crippen molar-refractivity contribution in [3.05, 3.63) is 0 Å². The van der Waals surface area contributed by atoms with E-state index in [0.717, 1.165) is 6.42 Å². The quantitative estimate of drug-likeness (QED) is 0.577. The van der Waals surface area contributed by atoms with Crippen LogP contribution >= 0.6 is 0 Å². The Kier molecular flexibility index (Phi) is 6.70. The molecule has 5 heteroatoms. The zero-order valence-electron chi connectivity index (χ0n) is 9.32. The van der Waals surface area contributed by atoms with Crippen molar-refractivity contribution in [3.63, 3.8) is 0 Å². The third-order valence-electron chi connectivity index (χ3n) is 2.10. The lowest BCUT2D eigenvalue weighted by atomic mass is 10.1. The van der Waals surface area contributed by atoms with Crippen molar-refractivity contribution in [1.82, 2.24) is 5.32 Å². The molecule has 0 saturated carbocycles. The fourth-order valence-electron chi connectivity index (χ4n) is 1.19. The van der Waals surface area contributed by atoms with E-state index >= 15 is 0 Å². The first-order valence-corrected chi connectivity index (χ1v) is 5.25. The Balaban J connectivity index is 3.77. The van der Waals surface area contributed by atoms with Gasteiger partial charge >= 0.3 is 5.97 Å². The summed E-state index contributed by atoms with van der Waals surface area (Å²) in [7, 11) is 0. The highest BCUT2D eigenvalue weighted by atomic mass is 16.4. The van der Waals surface area contributed by atoms with Crippen molar-refractivity contribution < 1.29 is 14.7 Å². The van der Waals surface area contributed by atoms with E-state index in [4.69, 9.17) is 10.8 Å². The van der Waals surface area contributed by atoms with Crippen LogP contribution in [0.15, 0.2) is 0 Å². The minimum atomic E-state index is -0.988. The average Bonchev–Trinajstić information content (AvgIpc) is 2.13. The zero-order valence-corrected chi connectivity index (χ0v) is 9.32. The molecule has 5 nitrogen and oxygen atoms in total. The minimum absolute atomic E-state index is 0.0826. The molecule has 1 amide bonds. The monoisotopic (exact) mass is 216 g/mol. The van der Waals surface area contributed by atoms with Crippen LogP contribution < -0.4 is 11.1 Å². The largest absolute Gasteiger partial charge is 0.480 e. The van der Waals surface area contributed by atoms with Gasteiger partial charge in [0.1, 0.15) is 6.04 Å². The minimum Gasteiger partial charge on any atom is -0.480 e. The second-order valence-electron chi connectivity index (χ2n) is 3.74. The van der Waals surface area contributed by atoms with Crippen molar-refractivity contribution in [2.75, 3.05) is 0 Å². The lowest BCUT2D eigenvalue weighted by molar-refractivity contribution is -0.141. The molecule has 0 aromatic carbocycles. The maximum atomic E-state index is 11.3. The molecule has 0 spiro atoms. The SMILES string of the molecule is CCC(NC(=O)CCCC(C)N)C(=O)O. The van der Waals surface area contributed by atoms with Gasteiger partial charge in [-0.1, -0.05) is 6.92 Å². The van der Waals surface area contributed by atoms with Crippen molar-refractivity contribution in [2.45, 2.75) is 51.6 Å². The molecule has 4 N–H and O–H groups in total. The van der Waals surface area contributed by atoms with E-state index < -0.39 is 12.0 Å². The van der Waals surface area contributed by atoms with Gasteiger partial charge in [-0.2, -0.15) is 0 Å². The molecule has 0 fully saturated rings. The average molecular weight is 216 g/mol. The Morgan fingerprint density at radius 1 is 1.47 bits per heavy atom. The van der Waals surface area contributed by atoms with Crippen molar-refractivity contribution >= 4 is 11.9 Å².